The van der Waals surface area contributed by atoms with Crippen LogP contribution >= 0.6 is 0 Å². The third-order valence-electron chi connectivity index (χ3n) is 6.14. The van der Waals surface area contributed by atoms with E-state index in [-0.39, 0.29) is 29.4 Å². The molecule has 200 valence electrons. The monoisotopic (exact) mass is 521 g/mol. The summed E-state index contributed by atoms with van der Waals surface area (Å²) in [6.45, 7) is 3.44. The van der Waals surface area contributed by atoms with Crippen LogP contribution in [0.2, 0.25) is 0 Å². The molecule has 2 atom stereocenters. The minimum atomic E-state index is -1.17. The van der Waals surface area contributed by atoms with Gasteiger partial charge in [0.15, 0.2) is 0 Å². The maximum atomic E-state index is 13.1. The van der Waals surface area contributed by atoms with Crippen LogP contribution in [0.3, 0.4) is 0 Å². The average Bonchev–Trinajstić information content (AvgIpc) is 3.75. The molecule has 8 nitrogen and oxygen atoms in total. The van der Waals surface area contributed by atoms with Crippen molar-refractivity contribution >= 4 is 17.6 Å². The lowest BCUT2D eigenvalue weighted by Gasteiger charge is -2.21. The van der Waals surface area contributed by atoms with Crippen LogP contribution in [-0.2, 0) is 9.59 Å². The standard InChI is InChI=1S/C29H32FN3O5/c1-17(2)13-25(32-28(36)19-3-4-19)29(37)33-27-15-20(26(35)16-34)14-24(31-27)18-5-9-22(10-6-18)38-23-11-7-21(30)8-12-23/h5-12,14-15,17,19,25-26,34-35H,3-4,13,16H2,1-2H3,(H,32,36)(H,31,33,37)/t25-,26+/m0/s1. The number of amides is 2. The molecule has 4 rings (SSSR count). The van der Waals surface area contributed by atoms with Gasteiger partial charge in [0.25, 0.3) is 0 Å². The van der Waals surface area contributed by atoms with Gasteiger partial charge in [0.2, 0.25) is 11.8 Å². The molecule has 0 spiro atoms. The van der Waals surface area contributed by atoms with Gasteiger partial charge in [0.1, 0.15) is 35.3 Å². The molecule has 38 heavy (non-hydrogen) atoms. The van der Waals surface area contributed by atoms with Crippen molar-refractivity contribution in [1.82, 2.24) is 10.3 Å². The summed E-state index contributed by atoms with van der Waals surface area (Å²) in [6, 6.07) is 15.1. The smallest absolute Gasteiger partial charge is 0.248 e. The number of hydrogen-bond donors (Lipinski definition) is 4. The van der Waals surface area contributed by atoms with Gasteiger partial charge in [-0.25, -0.2) is 9.37 Å². The second-order valence-corrected chi connectivity index (χ2v) is 9.90. The first kappa shape index (κ1) is 27.2. The Balaban J connectivity index is 1.55. The van der Waals surface area contributed by atoms with Crippen molar-refractivity contribution < 1.29 is 28.9 Å². The first-order valence-electron chi connectivity index (χ1n) is 12.7. The minimum Gasteiger partial charge on any atom is -0.457 e. The number of aromatic nitrogens is 1. The fourth-order valence-corrected chi connectivity index (χ4v) is 3.95. The second kappa shape index (κ2) is 12.1. The van der Waals surface area contributed by atoms with Crippen LogP contribution in [0.15, 0.2) is 60.7 Å². The number of anilines is 1. The highest BCUT2D eigenvalue weighted by molar-refractivity contribution is 5.97. The van der Waals surface area contributed by atoms with Crippen molar-refractivity contribution in [1.29, 1.82) is 0 Å². The third kappa shape index (κ3) is 7.36. The number of aliphatic hydroxyl groups is 2. The third-order valence-corrected chi connectivity index (χ3v) is 6.14. The van der Waals surface area contributed by atoms with E-state index in [1.54, 1.807) is 30.3 Å². The molecular formula is C29H32FN3O5. The Morgan fingerprint density at radius 2 is 1.68 bits per heavy atom. The van der Waals surface area contributed by atoms with Gasteiger partial charge in [-0.05, 0) is 91.4 Å². The van der Waals surface area contributed by atoms with E-state index in [0.29, 0.717) is 34.7 Å². The summed E-state index contributed by atoms with van der Waals surface area (Å²) in [4.78, 5) is 30.0. The fraction of sp³-hybridized carbons (Fsp3) is 0.345. The molecule has 1 aliphatic carbocycles. The van der Waals surface area contributed by atoms with Gasteiger partial charge in [-0.1, -0.05) is 13.8 Å². The van der Waals surface area contributed by atoms with E-state index in [2.05, 4.69) is 15.6 Å². The first-order valence-corrected chi connectivity index (χ1v) is 12.7. The number of benzene rings is 2. The minimum absolute atomic E-state index is 0.0276. The van der Waals surface area contributed by atoms with Crippen molar-refractivity contribution in [3.8, 4) is 22.8 Å². The summed E-state index contributed by atoms with van der Waals surface area (Å²) in [5, 5.41) is 25.5. The predicted molar refractivity (Wildman–Crippen MR) is 141 cm³/mol. The molecule has 0 saturated heterocycles. The second-order valence-electron chi connectivity index (χ2n) is 9.90. The van der Waals surface area contributed by atoms with Gasteiger partial charge in [-0.2, -0.15) is 0 Å². The van der Waals surface area contributed by atoms with E-state index in [1.165, 1.54) is 30.3 Å². The predicted octanol–water partition coefficient (Wildman–Crippen LogP) is 4.59. The van der Waals surface area contributed by atoms with Crippen LogP contribution in [0, 0.1) is 17.7 Å². The highest BCUT2D eigenvalue weighted by atomic mass is 19.1. The number of nitrogens with one attached hydrogen (secondary N) is 2. The van der Waals surface area contributed by atoms with Gasteiger partial charge in [-0.15, -0.1) is 0 Å². The largest absolute Gasteiger partial charge is 0.457 e. The van der Waals surface area contributed by atoms with Crippen molar-refractivity contribution in [2.45, 2.75) is 45.3 Å². The number of halogens is 1. The molecule has 4 N–H and O–H groups in total. The number of hydrogen-bond acceptors (Lipinski definition) is 6. The lowest BCUT2D eigenvalue weighted by Crippen LogP contribution is -2.45. The van der Waals surface area contributed by atoms with Crippen molar-refractivity contribution in [2.75, 3.05) is 11.9 Å². The van der Waals surface area contributed by atoms with Crippen LogP contribution in [0.1, 0.15) is 44.8 Å². The number of nitrogens with zero attached hydrogens (tertiary/aromatic N) is 1. The molecule has 1 aromatic heterocycles. The normalized spacial score (nSPS) is 14.6. The van der Waals surface area contributed by atoms with E-state index in [0.717, 1.165) is 12.8 Å². The molecule has 0 aliphatic heterocycles. The maximum absolute atomic E-state index is 13.1. The average molecular weight is 522 g/mol. The van der Waals surface area contributed by atoms with E-state index in [1.807, 2.05) is 13.8 Å². The lowest BCUT2D eigenvalue weighted by molar-refractivity contribution is -0.127. The summed E-state index contributed by atoms with van der Waals surface area (Å²) in [6.07, 6.45) is 0.962. The van der Waals surface area contributed by atoms with Crippen LogP contribution in [0.5, 0.6) is 11.5 Å². The Bertz CT molecular complexity index is 1260. The lowest BCUT2D eigenvalue weighted by atomic mass is 10.0. The van der Waals surface area contributed by atoms with Crippen molar-refractivity contribution in [3.63, 3.8) is 0 Å². The molecule has 9 heteroatoms. The molecule has 3 aromatic rings. The van der Waals surface area contributed by atoms with Crippen LogP contribution in [-0.4, -0.2) is 39.7 Å². The van der Waals surface area contributed by atoms with Gasteiger partial charge in [-0.3, -0.25) is 9.59 Å². The Morgan fingerprint density at radius 3 is 2.26 bits per heavy atom. The van der Waals surface area contributed by atoms with Gasteiger partial charge in [0.05, 0.1) is 12.3 Å². The SMILES string of the molecule is CC(C)C[C@H](NC(=O)C1CC1)C(=O)Nc1cc([C@H](O)CO)cc(-c2ccc(Oc3ccc(F)cc3)cc2)n1. The van der Waals surface area contributed by atoms with Gasteiger partial charge in [0, 0.05) is 11.5 Å². The molecule has 0 bridgehead atoms. The fourth-order valence-electron chi connectivity index (χ4n) is 3.95. The Labute approximate surface area is 220 Å². The van der Waals surface area contributed by atoms with E-state index in [9.17, 15) is 24.2 Å². The zero-order valence-corrected chi connectivity index (χ0v) is 21.4. The topological polar surface area (TPSA) is 121 Å². The number of ether oxygens (including phenoxy) is 1. The molecule has 2 amide bonds. The van der Waals surface area contributed by atoms with Gasteiger partial charge < -0.3 is 25.6 Å². The number of rotatable bonds is 11. The summed E-state index contributed by atoms with van der Waals surface area (Å²) >= 11 is 0. The molecule has 1 heterocycles. The molecule has 1 aliphatic rings. The van der Waals surface area contributed by atoms with Crippen LogP contribution in [0.25, 0.3) is 11.3 Å². The molecule has 2 aromatic carbocycles. The summed E-state index contributed by atoms with van der Waals surface area (Å²) < 4.78 is 18.9. The highest BCUT2D eigenvalue weighted by Crippen LogP contribution is 2.30. The molecule has 0 radical (unpaired) electrons. The summed E-state index contributed by atoms with van der Waals surface area (Å²) in [5.41, 5.74) is 1.52. The van der Waals surface area contributed by atoms with Crippen molar-refractivity contribution in [2.24, 2.45) is 11.8 Å². The Kier molecular flexibility index (Phi) is 8.70. The molecular weight excluding hydrogens is 489 g/mol. The van der Waals surface area contributed by atoms with Crippen LogP contribution in [0.4, 0.5) is 10.2 Å². The quantitative estimate of drug-likeness (QED) is 0.293. The molecule has 1 saturated carbocycles. The van der Waals surface area contributed by atoms with E-state index < -0.39 is 24.7 Å². The van der Waals surface area contributed by atoms with Gasteiger partial charge >= 0.3 is 0 Å². The van der Waals surface area contributed by atoms with Crippen molar-refractivity contribution in [3.05, 3.63) is 72.0 Å². The Morgan fingerprint density at radius 1 is 1.05 bits per heavy atom. The zero-order valence-electron chi connectivity index (χ0n) is 21.4. The highest BCUT2D eigenvalue weighted by Gasteiger charge is 2.33. The van der Waals surface area contributed by atoms with E-state index in [4.69, 9.17) is 4.74 Å². The molecule has 1 fully saturated rings. The Hall–Kier alpha value is -3.82. The van der Waals surface area contributed by atoms with E-state index >= 15 is 0 Å². The first-order chi connectivity index (χ1) is 18.2. The number of pyridine rings is 1. The summed E-state index contributed by atoms with van der Waals surface area (Å²) in [5.74, 6) is 0.482. The number of carbonyl (C=O) groups excluding carboxylic acids is 2. The molecule has 0 unspecified atom stereocenters. The zero-order chi connectivity index (χ0) is 27.2. The number of carbonyl (C=O) groups is 2. The summed E-state index contributed by atoms with van der Waals surface area (Å²) in [7, 11) is 0. The maximum Gasteiger partial charge on any atom is 0.248 e. The number of aliphatic hydroxyl groups excluding tert-OH is 2. The van der Waals surface area contributed by atoms with Crippen LogP contribution < -0.4 is 15.4 Å².